The molecule has 0 bridgehead atoms. The molecule has 0 saturated heterocycles. The summed E-state index contributed by atoms with van der Waals surface area (Å²) < 4.78 is 5.11. The van der Waals surface area contributed by atoms with Gasteiger partial charge in [0, 0.05) is 16.9 Å². The van der Waals surface area contributed by atoms with Crippen LogP contribution in [0.4, 0.5) is 11.4 Å². The number of carbonyl (C=O) groups is 2. The number of ether oxygens (including phenoxy) is 1. The summed E-state index contributed by atoms with van der Waals surface area (Å²) in [4.78, 5) is 24.2. The summed E-state index contributed by atoms with van der Waals surface area (Å²) in [6.07, 6.45) is 0.786. The molecule has 0 radical (unpaired) electrons. The van der Waals surface area contributed by atoms with Crippen LogP contribution in [-0.2, 0) is 9.53 Å². The van der Waals surface area contributed by atoms with Crippen LogP contribution in [0, 0.1) is 0 Å². The van der Waals surface area contributed by atoms with Gasteiger partial charge >= 0.3 is 5.97 Å². The zero-order valence-electron chi connectivity index (χ0n) is 16.4. The van der Waals surface area contributed by atoms with Crippen LogP contribution < -0.4 is 10.6 Å². The van der Waals surface area contributed by atoms with E-state index in [9.17, 15) is 9.59 Å². The molecule has 1 amide bonds. The molecule has 5 nitrogen and oxygen atoms in total. The van der Waals surface area contributed by atoms with Crippen molar-refractivity contribution in [3.05, 3.63) is 84.4 Å². The Morgan fingerprint density at radius 1 is 0.862 bits per heavy atom. The number of esters is 1. The third kappa shape index (κ3) is 5.69. The summed E-state index contributed by atoms with van der Waals surface area (Å²) in [5, 5.41) is 6.03. The van der Waals surface area contributed by atoms with Gasteiger partial charge in [-0.25, -0.2) is 4.79 Å². The molecule has 0 aliphatic rings. The van der Waals surface area contributed by atoms with E-state index in [1.807, 2.05) is 61.5 Å². The van der Waals surface area contributed by atoms with Gasteiger partial charge in [0.2, 0.25) is 5.91 Å². The van der Waals surface area contributed by atoms with Crippen molar-refractivity contribution in [3.8, 4) is 11.1 Å². The SMILES string of the molecule is CCCOC(=O)c1ccc(NCC(=O)Nc2ccccc2-c2ccccc2)cc1. The standard InChI is InChI=1S/C24H24N2O3/c1-2-16-29-24(28)19-12-14-20(15-13-19)25-17-23(27)26-22-11-7-6-10-21(22)18-8-4-3-5-9-18/h3-15,25H,2,16-17H2,1H3,(H,26,27). The minimum Gasteiger partial charge on any atom is -0.462 e. The highest BCUT2D eigenvalue weighted by Crippen LogP contribution is 2.27. The number of rotatable bonds is 8. The van der Waals surface area contributed by atoms with E-state index in [-0.39, 0.29) is 18.4 Å². The molecule has 5 heteroatoms. The van der Waals surface area contributed by atoms with Crippen molar-refractivity contribution < 1.29 is 14.3 Å². The van der Waals surface area contributed by atoms with Crippen molar-refractivity contribution in [3.63, 3.8) is 0 Å². The maximum atomic E-state index is 12.4. The van der Waals surface area contributed by atoms with Crippen LogP contribution in [0.25, 0.3) is 11.1 Å². The molecule has 0 heterocycles. The summed E-state index contributed by atoms with van der Waals surface area (Å²) in [6, 6.07) is 24.5. The van der Waals surface area contributed by atoms with Crippen molar-refractivity contribution in [2.24, 2.45) is 0 Å². The first-order chi connectivity index (χ1) is 14.2. The van der Waals surface area contributed by atoms with E-state index in [0.717, 1.165) is 28.9 Å². The fourth-order valence-corrected chi connectivity index (χ4v) is 2.84. The van der Waals surface area contributed by atoms with Crippen molar-refractivity contribution >= 4 is 23.3 Å². The number of hydrogen-bond acceptors (Lipinski definition) is 4. The highest BCUT2D eigenvalue weighted by atomic mass is 16.5. The molecule has 2 N–H and O–H groups in total. The summed E-state index contributed by atoms with van der Waals surface area (Å²) >= 11 is 0. The summed E-state index contributed by atoms with van der Waals surface area (Å²) in [7, 11) is 0. The molecule has 0 atom stereocenters. The maximum absolute atomic E-state index is 12.4. The second-order valence-electron chi connectivity index (χ2n) is 6.53. The van der Waals surface area contributed by atoms with Crippen molar-refractivity contribution in [1.82, 2.24) is 0 Å². The lowest BCUT2D eigenvalue weighted by Gasteiger charge is -2.12. The normalized spacial score (nSPS) is 10.2. The molecular weight excluding hydrogens is 364 g/mol. The molecule has 148 valence electrons. The van der Waals surface area contributed by atoms with E-state index in [2.05, 4.69) is 10.6 Å². The van der Waals surface area contributed by atoms with Gasteiger partial charge in [-0.1, -0.05) is 55.5 Å². The van der Waals surface area contributed by atoms with E-state index < -0.39 is 0 Å². The second-order valence-corrected chi connectivity index (χ2v) is 6.53. The average molecular weight is 388 g/mol. The largest absolute Gasteiger partial charge is 0.462 e. The molecule has 0 aliphatic heterocycles. The predicted octanol–water partition coefficient (Wildman–Crippen LogP) is 4.97. The number of carbonyl (C=O) groups excluding carboxylic acids is 2. The molecule has 0 aromatic heterocycles. The van der Waals surface area contributed by atoms with Gasteiger partial charge < -0.3 is 15.4 Å². The lowest BCUT2D eigenvalue weighted by atomic mass is 10.0. The van der Waals surface area contributed by atoms with E-state index in [4.69, 9.17) is 4.74 Å². The summed E-state index contributed by atoms with van der Waals surface area (Å²) in [6.45, 7) is 2.47. The highest BCUT2D eigenvalue weighted by molar-refractivity contribution is 5.97. The van der Waals surface area contributed by atoms with Crippen molar-refractivity contribution in [2.75, 3.05) is 23.8 Å². The number of nitrogens with one attached hydrogen (secondary N) is 2. The van der Waals surface area contributed by atoms with Crippen LogP contribution in [0.3, 0.4) is 0 Å². The van der Waals surface area contributed by atoms with E-state index in [0.29, 0.717) is 12.2 Å². The Morgan fingerprint density at radius 2 is 1.55 bits per heavy atom. The zero-order chi connectivity index (χ0) is 20.5. The molecule has 0 aliphatic carbocycles. The Kier molecular flexibility index (Phi) is 7.00. The number of amides is 1. The van der Waals surface area contributed by atoms with E-state index in [1.165, 1.54) is 0 Å². The lowest BCUT2D eigenvalue weighted by Crippen LogP contribution is -2.22. The van der Waals surface area contributed by atoms with Crippen molar-refractivity contribution in [1.29, 1.82) is 0 Å². The molecule has 3 aromatic rings. The molecule has 0 spiro atoms. The fraction of sp³-hybridized carbons (Fsp3) is 0.167. The smallest absolute Gasteiger partial charge is 0.338 e. The molecule has 0 fully saturated rings. The Balaban J connectivity index is 1.58. The monoisotopic (exact) mass is 388 g/mol. The summed E-state index contributed by atoms with van der Waals surface area (Å²) in [5.74, 6) is -0.492. The fourth-order valence-electron chi connectivity index (χ4n) is 2.84. The number of anilines is 2. The van der Waals surface area contributed by atoms with Gasteiger partial charge in [-0.3, -0.25) is 4.79 Å². The quantitative estimate of drug-likeness (QED) is 0.535. The molecule has 3 rings (SSSR count). The van der Waals surface area contributed by atoms with Crippen LogP contribution in [0.15, 0.2) is 78.9 Å². The number of hydrogen-bond donors (Lipinski definition) is 2. The first kappa shape index (κ1) is 20.1. The van der Waals surface area contributed by atoms with Gasteiger partial charge in [0.15, 0.2) is 0 Å². The zero-order valence-corrected chi connectivity index (χ0v) is 16.4. The predicted molar refractivity (Wildman–Crippen MR) is 116 cm³/mol. The van der Waals surface area contributed by atoms with Crippen LogP contribution in [0.5, 0.6) is 0 Å². The third-order valence-electron chi connectivity index (χ3n) is 4.30. The van der Waals surface area contributed by atoms with Crippen molar-refractivity contribution in [2.45, 2.75) is 13.3 Å². The van der Waals surface area contributed by atoms with Gasteiger partial charge in [0.05, 0.1) is 18.7 Å². The van der Waals surface area contributed by atoms with Gasteiger partial charge in [0.25, 0.3) is 0 Å². The Hall–Kier alpha value is -3.60. The molecule has 29 heavy (non-hydrogen) atoms. The topological polar surface area (TPSA) is 67.4 Å². The van der Waals surface area contributed by atoms with Crippen LogP contribution in [0.1, 0.15) is 23.7 Å². The Bertz CT molecular complexity index is 953. The second kappa shape index (κ2) is 10.1. The Morgan fingerprint density at radius 3 is 2.28 bits per heavy atom. The molecule has 0 saturated carbocycles. The minimum atomic E-state index is -0.339. The molecule has 0 unspecified atom stereocenters. The third-order valence-corrected chi connectivity index (χ3v) is 4.30. The van der Waals surface area contributed by atoms with Gasteiger partial charge in [-0.15, -0.1) is 0 Å². The summed E-state index contributed by atoms with van der Waals surface area (Å²) in [5.41, 5.74) is 4.02. The van der Waals surface area contributed by atoms with Crippen LogP contribution in [0.2, 0.25) is 0 Å². The maximum Gasteiger partial charge on any atom is 0.338 e. The Labute approximate surface area is 170 Å². The number of benzene rings is 3. The van der Waals surface area contributed by atoms with Crippen LogP contribution >= 0.6 is 0 Å². The highest BCUT2D eigenvalue weighted by Gasteiger charge is 2.09. The van der Waals surface area contributed by atoms with Gasteiger partial charge in [-0.05, 0) is 42.3 Å². The first-order valence-corrected chi connectivity index (χ1v) is 9.62. The van der Waals surface area contributed by atoms with E-state index in [1.54, 1.807) is 24.3 Å². The minimum absolute atomic E-state index is 0.114. The number of para-hydroxylation sites is 1. The average Bonchev–Trinajstić information content (AvgIpc) is 2.77. The molecular formula is C24H24N2O3. The van der Waals surface area contributed by atoms with Gasteiger partial charge in [0.1, 0.15) is 0 Å². The van der Waals surface area contributed by atoms with Gasteiger partial charge in [-0.2, -0.15) is 0 Å². The lowest BCUT2D eigenvalue weighted by molar-refractivity contribution is -0.114. The molecule has 3 aromatic carbocycles. The van der Waals surface area contributed by atoms with Crippen LogP contribution in [-0.4, -0.2) is 25.0 Å². The van der Waals surface area contributed by atoms with E-state index >= 15 is 0 Å². The first-order valence-electron chi connectivity index (χ1n) is 9.62.